The van der Waals surface area contributed by atoms with Crippen LogP contribution < -0.4 is 0 Å². The van der Waals surface area contributed by atoms with Crippen LogP contribution in [0.2, 0.25) is 0 Å². The maximum atomic E-state index is 6.04. The molecule has 1 aliphatic heterocycles. The van der Waals surface area contributed by atoms with Gasteiger partial charge in [-0.25, -0.2) is 0 Å². The third kappa shape index (κ3) is 3.54. The lowest BCUT2D eigenvalue weighted by molar-refractivity contribution is 0.0453. The van der Waals surface area contributed by atoms with Crippen LogP contribution in [-0.2, 0) is 17.9 Å². The maximum absolute atomic E-state index is 6.04. The number of hydrogen-bond acceptors (Lipinski definition) is 5. The van der Waals surface area contributed by atoms with Gasteiger partial charge in [0.05, 0.1) is 18.4 Å². The quantitative estimate of drug-likeness (QED) is 0.850. The van der Waals surface area contributed by atoms with Crippen molar-refractivity contribution in [2.75, 3.05) is 13.1 Å². The minimum absolute atomic E-state index is 0.284. The van der Waals surface area contributed by atoms with Crippen LogP contribution in [0.5, 0.6) is 0 Å². The van der Waals surface area contributed by atoms with Crippen LogP contribution >= 0.6 is 0 Å². The summed E-state index contributed by atoms with van der Waals surface area (Å²) in [6, 6.07) is 2.20. The molecule has 1 fully saturated rings. The summed E-state index contributed by atoms with van der Waals surface area (Å²) in [5.41, 5.74) is 4.49. The first-order chi connectivity index (χ1) is 10.6. The van der Waals surface area contributed by atoms with Crippen molar-refractivity contribution in [3.63, 3.8) is 0 Å². The highest BCUT2D eigenvalue weighted by Gasteiger charge is 2.24. The fourth-order valence-corrected chi connectivity index (χ4v) is 2.95. The predicted molar refractivity (Wildman–Crippen MR) is 83.4 cm³/mol. The summed E-state index contributed by atoms with van der Waals surface area (Å²) in [4.78, 5) is 6.68. The molecule has 0 saturated carbocycles. The Balaban J connectivity index is 1.50. The molecule has 5 nitrogen and oxygen atoms in total. The molecule has 0 N–H and O–H groups in total. The maximum Gasteiger partial charge on any atom is 0.139 e. The van der Waals surface area contributed by atoms with E-state index in [9.17, 15) is 0 Å². The third-order valence-electron chi connectivity index (χ3n) is 4.21. The van der Waals surface area contributed by atoms with Gasteiger partial charge in [0.15, 0.2) is 0 Å². The molecule has 0 aromatic carbocycles. The van der Waals surface area contributed by atoms with Crippen molar-refractivity contribution >= 4 is 0 Å². The van der Waals surface area contributed by atoms with Gasteiger partial charge in [0.1, 0.15) is 5.76 Å². The summed E-state index contributed by atoms with van der Waals surface area (Å²) in [6.07, 6.45) is 5.20. The zero-order chi connectivity index (χ0) is 15.5. The zero-order valence-electron chi connectivity index (χ0n) is 13.5. The van der Waals surface area contributed by atoms with Crippen molar-refractivity contribution < 1.29 is 9.26 Å². The summed E-state index contributed by atoms with van der Waals surface area (Å²) < 4.78 is 11.2. The van der Waals surface area contributed by atoms with Gasteiger partial charge in [-0.15, -0.1) is 0 Å². The number of aryl methyl sites for hydroxylation is 3. The number of aromatic nitrogens is 2. The van der Waals surface area contributed by atoms with E-state index in [0.717, 1.165) is 43.1 Å². The number of pyridine rings is 1. The summed E-state index contributed by atoms with van der Waals surface area (Å²) in [7, 11) is 0. The first-order valence-corrected chi connectivity index (χ1v) is 7.78. The van der Waals surface area contributed by atoms with Crippen LogP contribution in [-0.4, -0.2) is 34.2 Å². The molecule has 5 heteroatoms. The van der Waals surface area contributed by atoms with Gasteiger partial charge < -0.3 is 9.26 Å². The lowest BCUT2D eigenvalue weighted by atomic mass is 10.2. The molecule has 2 aromatic rings. The van der Waals surface area contributed by atoms with Crippen LogP contribution in [0.3, 0.4) is 0 Å². The summed E-state index contributed by atoms with van der Waals surface area (Å²) in [5.74, 6) is 0.859. The van der Waals surface area contributed by atoms with E-state index in [2.05, 4.69) is 28.0 Å². The van der Waals surface area contributed by atoms with Crippen molar-refractivity contribution in [1.82, 2.24) is 15.0 Å². The van der Waals surface area contributed by atoms with Crippen molar-refractivity contribution in [1.29, 1.82) is 0 Å². The fourth-order valence-electron chi connectivity index (χ4n) is 2.95. The number of likely N-dealkylation sites (tertiary alicyclic amines) is 1. The highest BCUT2D eigenvalue weighted by atomic mass is 16.5. The second kappa shape index (κ2) is 6.58. The molecule has 1 aliphatic rings. The summed E-state index contributed by atoms with van der Waals surface area (Å²) in [6.45, 7) is 9.55. The fraction of sp³-hybridized carbons (Fsp3) is 0.529. The first-order valence-electron chi connectivity index (χ1n) is 7.78. The molecular weight excluding hydrogens is 278 g/mol. The monoisotopic (exact) mass is 301 g/mol. The molecule has 118 valence electrons. The van der Waals surface area contributed by atoms with Crippen molar-refractivity contribution in [3.05, 3.63) is 46.6 Å². The average Bonchev–Trinajstić information content (AvgIpc) is 3.05. The molecule has 0 radical (unpaired) electrons. The Labute approximate surface area is 131 Å². The third-order valence-corrected chi connectivity index (χ3v) is 4.21. The van der Waals surface area contributed by atoms with E-state index in [1.807, 2.05) is 26.2 Å². The van der Waals surface area contributed by atoms with E-state index in [-0.39, 0.29) is 6.10 Å². The van der Waals surface area contributed by atoms with Gasteiger partial charge in [0, 0.05) is 37.6 Å². The van der Waals surface area contributed by atoms with Gasteiger partial charge in [0.2, 0.25) is 0 Å². The largest absolute Gasteiger partial charge is 0.372 e. The highest BCUT2D eigenvalue weighted by Crippen LogP contribution is 2.19. The number of rotatable bonds is 5. The molecular formula is C17H23N3O2. The minimum Gasteiger partial charge on any atom is -0.372 e. The lowest BCUT2D eigenvalue weighted by Crippen LogP contribution is -2.23. The molecule has 22 heavy (non-hydrogen) atoms. The van der Waals surface area contributed by atoms with E-state index >= 15 is 0 Å². The van der Waals surface area contributed by atoms with Gasteiger partial charge in [-0.05, 0) is 38.3 Å². The van der Waals surface area contributed by atoms with Gasteiger partial charge in [-0.2, -0.15) is 0 Å². The normalized spacial score (nSPS) is 19.0. The standard InChI is InChI=1S/C17H23N3O2/c1-12-6-15(8-18-7-12)9-20-5-4-16(10-20)21-11-17-13(2)19-22-14(17)3/h6-8,16H,4-5,9-11H2,1-3H3. The predicted octanol–water partition coefficient (Wildman–Crippen LogP) is 2.79. The molecule has 3 heterocycles. The van der Waals surface area contributed by atoms with Crippen LogP contribution in [0, 0.1) is 20.8 Å². The van der Waals surface area contributed by atoms with E-state index in [1.165, 1.54) is 11.1 Å². The van der Waals surface area contributed by atoms with Gasteiger partial charge >= 0.3 is 0 Å². The van der Waals surface area contributed by atoms with Crippen molar-refractivity contribution in [2.45, 2.75) is 46.4 Å². The highest BCUT2D eigenvalue weighted by molar-refractivity contribution is 5.19. The molecule has 1 unspecified atom stereocenters. The van der Waals surface area contributed by atoms with Crippen molar-refractivity contribution in [2.24, 2.45) is 0 Å². The molecule has 3 rings (SSSR count). The SMILES string of the molecule is Cc1cncc(CN2CCC(OCc3c(C)noc3C)C2)c1. The Morgan fingerprint density at radius 2 is 2.18 bits per heavy atom. The molecule has 0 amide bonds. The Hall–Kier alpha value is -1.72. The van der Waals surface area contributed by atoms with Gasteiger partial charge in [-0.1, -0.05) is 11.2 Å². The van der Waals surface area contributed by atoms with E-state index in [4.69, 9.17) is 9.26 Å². The van der Waals surface area contributed by atoms with Crippen LogP contribution in [0.15, 0.2) is 23.0 Å². The smallest absolute Gasteiger partial charge is 0.139 e. The topological polar surface area (TPSA) is 51.4 Å². The van der Waals surface area contributed by atoms with Gasteiger partial charge in [-0.3, -0.25) is 9.88 Å². The van der Waals surface area contributed by atoms with Crippen LogP contribution in [0.1, 0.15) is 34.6 Å². The Morgan fingerprint density at radius 3 is 2.91 bits per heavy atom. The Morgan fingerprint density at radius 1 is 1.32 bits per heavy atom. The average molecular weight is 301 g/mol. The zero-order valence-corrected chi connectivity index (χ0v) is 13.5. The first kappa shape index (κ1) is 15.2. The van der Waals surface area contributed by atoms with Crippen molar-refractivity contribution in [3.8, 4) is 0 Å². The molecule has 0 bridgehead atoms. The Bertz CT molecular complexity index is 619. The van der Waals surface area contributed by atoms with E-state index < -0.39 is 0 Å². The van der Waals surface area contributed by atoms with Crippen LogP contribution in [0.4, 0.5) is 0 Å². The summed E-state index contributed by atoms with van der Waals surface area (Å²) >= 11 is 0. The number of nitrogens with zero attached hydrogens (tertiary/aromatic N) is 3. The minimum atomic E-state index is 0.284. The number of ether oxygens (including phenoxy) is 1. The molecule has 1 saturated heterocycles. The second-order valence-corrected chi connectivity index (χ2v) is 6.13. The summed E-state index contributed by atoms with van der Waals surface area (Å²) in [5, 5.41) is 3.97. The number of hydrogen-bond donors (Lipinski definition) is 0. The van der Waals surface area contributed by atoms with Gasteiger partial charge in [0.25, 0.3) is 0 Å². The molecule has 1 atom stereocenters. The van der Waals surface area contributed by atoms with Crippen LogP contribution in [0.25, 0.3) is 0 Å². The molecule has 0 spiro atoms. The second-order valence-electron chi connectivity index (χ2n) is 6.13. The lowest BCUT2D eigenvalue weighted by Gasteiger charge is -2.16. The molecule has 2 aromatic heterocycles. The Kier molecular flexibility index (Phi) is 4.55. The molecule has 0 aliphatic carbocycles. The van der Waals surface area contributed by atoms with E-state index in [1.54, 1.807) is 0 Å². The van der Waals surface area contributed by atoms with E-state index in [0.29, 0.717) is 6.61 Å².